The normalized spacial score (nSPS) is 17.1. The van der Waals surface area contributed by atoms with Crippen LogP contribution in [0.15, 0.2) is 55.0 Å². The standard InChI is InChI=1S/C28H27ClF3N9O3/c1-44-27(43)35-18-8-9-19-21(13-18)36-24(28(30,31)32)5-3-2-4-20(26-33-14-22(19)38-26)37-25(42)11-6-16-12-17(29)7-10-23(16)41-15-34-39-40-41/h6-15,20,24,36H,2-5H2,1H3,(H,33,38)(H,35,43)(H,37,42)/t20-,24+/m0/s1. The van der Waals surface area contributed by atoms with Gasteiger partial charge in [0.2, 0.25) is 5.91 Å². The lowest BCUT2D eigenvalue weighted by Crippen LogP contribution is -2.36. The molecule has 230 valence electrons. The molecule has 4 N–H and O–H groups in total. The van der Waals surface area contributed by atoms with Gasteiger partial charge in [0.15, 0.2) is 0 Å². The number of benzene rings is 2. The SMILES string of the molecule is COC(=O)Nc1ccc2c(c1)N[C@@H](C(F)(F)F)CCCC[C@H](NC(=O)C=Cc1cc(Cl)ccc1-n1cnnn1)c1ncc-2[nH]1. The second-order valence-electron chi connectivity index (χ2n) is 9.93. The molecule has 0 spiro atoms. The number of amides is 2. The van der Waals surface area contributed by atoms with Gasteiger partial charge < -0.3 is 20.4 Å². The van der Waals surface area contributed by atoms with E-state index in [1.165, 1.54) is 42.5 Å². The zero-order valence-corrected chi connectivity index (χ0v) is 24.0. The molecule has 12 nitrogen and oxygen atoms in total. The molecule has 1 aliphatic heterocycles. The van der Waals surface area contributed by atoms with Crippen molar-refractivity contribution >= 4 is 41.1 Å². The second kappa shape index (κ2) is 13.2. The first-order valence-electron chi connectivity index (χ1n) is 13.5. The maximum atomic E-state index is 14.0. The number of carbonyl (C=O) groups excluding carboxylic acids is 2. The van der Waals surface area contributed by atoms with E-state index in [0.717, 1.165) is 0 Å². The molecule has 2 amide bonds. The van der Waals surface area contributed by atoms with Crippen LogP contribution in [0.25, 0.3) is 23.0 Å². The summed E-state index contributed by atoms with van der Waals surface area (Å²) in [6.45, 7) is 0. The predicted molar refractivity (Wildman–Crippen MR) is 156 cm³/mol. The fraction of sp³-hybridized carbons (Fsp3) is 0.286. The number of aromatic amines is 1. The number of methoxy groups -OCH3 is 1. The van der Waals surface area contributed by atoms with E-state index in [-0.39, 0.29) is 24.2 Å². The van der Waals surface area contributed by atoms with Crippen LogP contribution in [-0.4, -0.2) is 61.5 Å². The number of carbonyl (C=O) groups is 2. The number of anilines is 2. The number of nitrogens with one attached hydrogen (secondary N) is 4. The van der Waals surface area contributed by atoms with Crippen LogP contribution in [0.2, 0.25) is 5.02 Å². The Morgan fingerprint density at radius 1 is 1.16 bits per heavy atom. The Bertz CT molecular complexity index is 1660. The highest BCUT2D eigenvalue weighted by Gasteiger charge is 2.39. The molecule has 2 bridgehead atoms. The van der Waals surface area contributed by atoms with Crippen LogP contribution >= 0.6 is 11.6 Å². The van der Waals surface area contributed by atoms with Gasteiger partial charge in [0.1, 0.15) is 18.2 Å². The number of nitrogens with zero attached hydrogens (tertiary/aromatic N) is 5. The summed E-state index contributed by atoms with van der Waals surface area (Å²) in [6, 6.07) is 7.08. The van der Waals surface area contributed by atoms with Crippen molar-refractivity contribution in [3.63, 3.8) is 0 Å². The van der Waals surface area contributed by atoms with Gasteiger partial charge in [0, 0.05) is 33.6 Å². The van der Waals surface area contributed by atoms with Gasteiger partial charge in [0.05, 0.1) is 30.7 Å². The van der Waals surface area contributed by atoms with Crippen molar-refractivity contribution in [2.24, 2.45) is 0 Å². The number of hydrogen-bond donors (Lipinski definition) is 4. The number of imidazole rings is 1. The molecule has 2 atom stereocenters. The van der Waals surface area contributed by atoms with Crippen molar-refractivity contribution in [2.75, 3.05) is 17.7 Å². The summed E-state index contributed by atoms with van der Waals surface area (Å²) >= 11 is 6.17. The Kier molecular flexibility index (Phi) is 9.13. The number of hydrogen-bond acceptors (Lipinski definition) is 8. The van der Waals surface area contributed by atoms with Gasteiger partial charge in [-0.25, -0.2) is 9.78 Å². The summed E-state index contributed by atoms with van der Waals surface area (Å²) in [4.78, 5) is 32.4. The van der Waals surface area contributed by atoms with Crippen LogP contribution in [0.5, 0.6) is 0 Å². The van der Waals surface area contributed by atoms with Crippen molar-refractivity contribution in [3.8, 4) is 16.9 Å². The monoisotopic (exact) mass is 629 g/mol. The van der Waals surface area contributed by atoms with Crippen LogP contribution in [0.4, 0.5) is 29.3 Å². The molecule has 0 radical (unpaired) electrons. The van der Waals surface area contributed by atoms with E-state index >= 15 is 0 Å². The van der Waals surface area contributed by atoms with Crippen molar-refractivity contribution in [1.82, 2.24) is 35.5 Å². The van der Waals surface area contributed by atoms with Gasteiger partial charge >= 0.3 is 12.3 Å². The molecular weight excluding hydrogens is 603 g/mol. The summed E-state index contributed by atoms with van der Waals surface area (Å²) in [5, 5.41) is 19.6. The largest absolute Gasteiger partial charge is 0.453 e. The number of tetrazole rings is 1. The summed E-state index contributed by atoms with van der Waals surface area (Å²) in [7, 11) is 1.18. The Balaban J connectivity index is 1.42. The average Bonchev–Trinajstić information content (AvgIpc) is 3.69. The smallest absolute Gasteiger partial charge is 0.411 e. The molecule has 16 heteroatoms. The average molecular weight is 630 g/mol. The molecule has 44 heavy (non-hydrogen) atoms. The van der Waals surface area contributed by atoms with Crippen LogP contribution in [0, 0.1) is 0 Å². The molecule has 0 saturated heterocycles. The second-order valence-corrected chi connectivity index (χ2v) is 10.4. The first kappa shape index (κ1) is 30.5. The van der Waals surface area contributed by atoms with E-state index in [9.17, 15) is 22.8 Å². The molecular formula is C28H27ClF3N9O3. The van der Waals surface area contributed by atoms with E-state index in [0.29, 0.717) is 46.2 Å². The lowest BCUT2D eigenvalue weighted by Gasteiger charge is -2.25. The highest BCUT2D eigenvalue weighted by molar-refractivity contribution is 6.30. The minimum atomic E-state index is -4.54. The van der Waals surface area contributed by atoms with Crippen molar-refractivity contribution in [3.05, 3.63) is 71.4 Å². The van der Waals surface area contributed by atoms with Crippen LogP contribution in [0.1, 0.15) is 43.1 Å². The van der Waals surface area contributed by atoms with E-state index in [1.54, 1.807) is 30.3 Å². The molecule has 0 aliphatic carbocycles. The molecule has 4 aromatic rings. The topological polar surface area (TPSA) is 152 Å². The summed E-state index contributed by atoms with van der Waals surface area (Å²) < 4.78 is 48.2. The molecule has 3 heterocycles. The molecule has 5 rings (SSSR count). The predicted octanol–water partition coefficient (Wildman–Crippen LogP) is 5.67. The van der Waals surface area contributed by atoms with Gasteiger partial charge in [-0.05, 0) is 65.7 Å². The van der Waals surface area contributed by atoms with Gasteiger partial charge in [0.25, 0.3) is 0 Å². The Hall–Kier alpha value is -4.92. The minimum absolute atomic E-state index is 0.139. The highest BCUT2D eigenvalue weighted by Crippen LogP contribution is 2.36. The van der Waals surface area contributed by atoms with Gasteiger partial charge in [-0.3, -0.25) is 10.1 Å². The van der Waals surface area contributed by atoms with E-state index in [4.69, 9.17) is 11.6 Å². The number of fused-ring (bicyclic) bond motifs is 4. The zero-order valence-electron chi connectivity index (χ0n) is 23.2. The van der Waals surface area contributed by atoms with Crippen molar-refractivity contribution in [1.29, 1.82) is 0 Å². The first-order chi connectivity index (χ1) is 21.1. The fourth-order valence-electron chi connectivity index (χ4n) is 4.80. The fourth-order valence-corrected chi connectivity index (χ4v) is 4.98. The Morgan fingerprint density at radius 2 is 1.98 bits per heavy atom. The number of ether oxygens (including phenoxy) is 1. The highest BCUT2D eigenvalue weighted by atomic mass is 35.5. The van der Waals surface area contributed by atoms with Crippen LogP contribution < -0.4 is 16.0 Å². The van der Waals surface area contributed by atoms with Crippen LogP contribution in [0.3, 0.4) is 0 Å². The molecule has 0 fully saturated rings. The van der Waals surface area contributed by atoms with Crippen LogP contribution in [-0.2, 0) is 9.53 Å². The number of H-pyrrole nitrogens is 1. The summed E-state index contributed by atoms with van der Waals surface area (Å²) in [5.41, 5.74) is 2.39. The maximum absolute atomic E-state index is 14.0. The quantitative estimate of drug-likeness (QED) is 0.206. The van der Waals surface area contributed by atoms with Crippen molar-refractivity contribution < 1.29 is 27.5 Å². The summed E-state index contributed by atoms with van der Waals surface area (Å²) in [6.07, 6.45) is 1.25. The lowest BCUT2D eigenvalue weighted by molar-refractivity contribution is -0.144. The molecule has 2 aromatic heterocycles. The number of alkyl halides is 3. The Morgan fingerprint density at radius 3 is 2.73 bits per heavy atom. The molecule has 2 aromatic carbocycles. The van der Waals surface area contributed by atoms with Gasteiger partial charge in [-0.15, -0.1) is 5.10 Å². The molecule has 0 unspecified atom stereocenters. The number of aromatic nitrogens is 6. The zero-order chi connectivity index (χ0) is 31.3. The van der Waals surface area contributed by atoms with Gasteiger partial charge in [-0.2, -0.15) is 17.9 Å². The third-order valence-electron chi connectivity index (χ3n) is 6.94. The third-order valence-corrected chi connectivity index (χ3v) is 7.18. The lowest BCUT2D eigenvalue weighted by atomic mass is 10.0. The maximum Gasteiger partial charge on any atom is 0.411 e. The number of rotatable bonds is 5. The van der Waals surface area contributed by atoms with E-state index in [2.05, 4.69) is 46.2 Å². The minimum Gasteiger partial charge on any atom is -0.453 e. The molecule has 0 saturated carbocycles. The first-order valence-corrected chi connectivity index (χ1v) is 13.9. The number of halogens is 4. The summed E-state index contributed by atoms with van der Waals surface area (Å²) in [5.74, 6) is -0.00834. The Labute approximate surface area is 254 Å². The van der Waals surface area contributed by atoms with Gasteiger partial charge in [-0.1, -0.05) is 24.4 Å². The van der Waals surface area contributed by atoms with E-state index < -0.39 is 30.3 Å². The van der Waals surface area contributed by atoms with E-state index in [1.807, 2.05) is 0 Å². The molecule has 1 aliphatic rings. The van der Waals surface area contributed by atoms with Crippen molar-refractivity contribution in [2.45, 2.75) is 43.9 Å². The third kappa shape index (κ3) is 7.34.